The first-order chi connectivity index (χ1) is 10.6. The molecular formula is C15H23N3O3S. The van der Waals surface area contributed by atoms with Gasteiger partial charge in [-0.2, -0.15) is 0 Å². The van der Waals surface area contributed by atoms with Gasteiger partial charge in [0.2, 0.25) is 0 Å². The molecule has 1 saturated heterocycles. The van der Waals surface area contributed by atoms with E-state index in [2.05, 4.69) is 26.9 Å². The molecular weight excluding hydrogens is 302 g/mol. The van der Waals surface area contributed by atoms with E-state index in [0.717, 1.165) is 37.6 Å². The zero-order valence-electron chi connectivity index (χ0n) is 12.8. The Hall–Kier alpha value is -1.60. The summed E-state index contributed by atoms with van der Waals surface area (Å²) >= 11 is 3.51. The van der Waals surface area contributed by atoms with Crippen molar-refractivity contribution in [3.63, 3.8) is 0 Å². The van der Waals surface area contributed by atoms with Gasteiger partial charge in [0.1, 0.15) is 5.75 Å². The Kier molecular flexibility index (Phi) is 6.21. The molecule has 0 spiro atoms. The number of rotatable bonds is 6. The molecule has 1 aromatic rings. The molecule has 122 valence electrons. The monoisotopic (exact) mass is 325 g/mol. The summed E-state index contributed by atoms with van der Waals surface area (Å²) in [6.07, 6.45) is 0.375. The predicted molar refractivity (Wildman–Crippen MR) is 90.4 cm³/mol. The van der Waals surface area contributed by atoms with Gasteiger partial charge in [-0.15, -0.1) is 0 Å². The van der Waals surface area contributed by atoms with Crippen molar-refractivity contribution in [1.82, 2.24) is 4.90 Å². The Morgan fingerprint density at radius 1 is 1.32 bits per heavy atom. The van der Waals surface area contributed by atoms with Crippen LogP contribution in [-0.4, -0.2) is 50.2 Å². The highest BCUT2D eigenvalue weighted by atomic mass is 32.1. The van der Waals surface area contributed by atoms with Crippen LogP contribution < -0.4 is 15.4 Å². The molecule has 2 N–H and O–H groups in total. The fourth-order valence-corrected chi connectivity index (χ4v) is 2.62. The number of nitrogens with zero attached hydrogens (tertiary/aromatic N) is 2. The fraction of sp³-hybridized carbons (Fsp3) is 0.533. The van der Waals surface area contributed by atoms with Crippen LogP contribution in [0.25, 0.3) is 0 Å². The van der Waals surface area contributed by atoms with E-state index in [4.69, 9.17) is 10.5 Å². The van der Waals surface area contributed by atoms with Crippen LogP contribution in [0.15, 0.2) is 18.2 Å². The van der Waals surface area contributed by atoms with Gasteiger partial charge in [0.15, 0.2) is 0 Å². The molecule has 0 unspecified atom stereocenters. The summed E-state index contributed by atoms with van der Waals surface area (Å²) in [6.45, 7) is 6.89. The first kappa shape index (κ1) is 16.8. The number of carbonyl (C=O) groups is 1. The molecule has 0 radical (unpaired) electrons. The van der Waals surface area contributed by atoms with Crippen LogP contribution in [0.4, 0.5) is 11.4 Å². The second-order valence-electron chi connectivity index (χ2n) is 5.20. The maximum atomic E-state index is 11.1. The topological polar surface area (TPSA) is 68.0 Å². The Morgan fingerprint density at radius 2 is 2.05 bits per heavy atom. The molecule has 1 fully saturated rings. The van der Waals surface area contributed by atoms with Crippen molar-refractivity contribution in [2.24, 2.45) is 0 Å². The van der Waals surface area contributed by atoms with Gasteiger partial charge in [-0.1, -0.05) is 0 Å². The average Bonchev–Trinajstić information content (AvgIpc) is 2.55. The number of anilines is 2. The second-order valence-corrected chi connectivity index (χ2v) is 5.38. The third kappa shape index (κ3) is 4.45. The van der Waals surface area contributed by atoms with E-state index in [1.54, 1.807) is 0 Å². The molecule has 0 bridgehead atoms. The molecule has 0 aromatic heterocycles. The minimum atomic E-state index is -0.286. The number of thiol groups is 1. The Labute approximate surface area is 136 Å². The lowest BCUT2D eigenvalue weighted by atomic mass is 10.2. The van der Waals surface area contributed by atoms with E-state index in [-0.39, 0.29) is 5.97 Å². The summed E-state index contributed by atoms with van der Waals surface area (Å²) in [5, 5.41) is 0. The summed E-state index contributed by atoms with van der Waals surface area (Å²) in [5.74, 6) is 0.449. The van der Waals surface area contributed by atoms with Gasteiger partial charge in [-0.05, 0) is 19.1 Å². The van der Waals surface area contributed by atoms with Gasteiger partial charge < -0.3 is 19.6 Å². The molecule has 1 aliphatic heterocycles. The van der Waals surface area contributed by atoms with Gasteiger partial charge in [-0.25, -0.2) is 0 Å². The van der Waals surface area contributed by atoms with Crippen molar-refractivity contribution < 1.29 is 13.7 Å². The largest absolute Gasteiger partial charge is 0.492 e. The van der Waals surface area contributed by atoms with Gasteiger partial charge >= 0.3 is 5.97 Å². The molecule has 22 heavy (non-hydrogen) atoms. The number of nitrogen functional groups attached to an aromatic ring is 1. The van der Waals surface area contributed by atoms with Crippen LogP contribution in [0.1, 0.15) is 13.3 Å². The lowest BCUT2D eigenvalue weighted by molar-refractivity contribution is -0.133. The van der Waals surface area contributed by atoms with Crippen LogP contribution in [0, 0.1) is 0 Å². The number of carbonyl (C=O) groups excluding carboxylic acids is 1. The van der Waals surface area contributed by atoms with Crippen molar-refractivity contribution >= 4 is 30.3 Å². The van der Waals surface area contributed by atoms with Crippen LogP contribution in [0.2, 0.25) is 0 Å². The predicted octanol–water partition coefficient (Wildman–Crippen LogP) is 1.57. The minimum Gasteiger partial charge on any atom is -0.492 e. The molecule has 1 aliphatic rings. The lowest BCUT2D eigenvalue weighted by Gasteiger charge is -2.36. The SMILES string of the molecule is CCOc1cc(N2CCN(CCC(=O)OS)CC2)ccc1N. The fourth-order valence-electron chi connectivity index (χ4n) is 2.52. The van der Waals surface area contributed by atoms with Crippen molar-refractivity contribution in [3.05, 3.63) is 18.2 Å². The number of ether oxygens (including phenoxy) is 1. The molecule has 7 heteroatoms. The van der Waals surface area contributed by atoms with Crippen LogP contribution in [-0.2, 0) is 8.98 Å². The van der Waals surface area contributed by atoms with E-state index in [9.17, 15) is 4.79 Å². The molecule has 0 saturated carbocycles. The minimum absolute atomic E-state index is 0.286. The van der Waals surface area contributed by atoms with E-state index >= 15 is 0 Å². The highest BCUT2D eigenvalue weighted by molar-refractivity contribution is 7.75. The summed E-state index contributed by atoms with van der Waals surface area (Å²) in [6, 6.07) is 5.90. The smallest absolute Gasteiger partial charge is 0.318 e. The second kappa shape index (κ2) is 8.14. The molecule has 0 atom stereocenters. The van der Waals surface area contributed by atoms with E-state index in [0.29, 0.717) is 25.3 Å². The zero-order valence-corrected chi connectivity index (χ0v) is 13.7. The Balaban J connectivity index is 1.88. The van der Waals surface area contributed by atoms with Gasteiger partial charge in [0, 0.05) is 57.4 Å². The Bertz CT molecular complexity index is 505. The standard InChI is InChI=1S/C15H23N3O3S/c1-2-20-14-11-12(3-4-13(14)16)18-9-7-17(8-10-18)6-5-15(19)21-22/h3-4,11,22H,2,5-10,16H2,1H3. The molecule has 1 aromatic carbocycles. The molecule has 1 heterocycles. The van der Waals surface area contributed by atoms with Crippen molar-refractivity contribution in [3.8, 4) is 5.75 Å². The number of hydrogen-bond acceptors (Lipinski definition) is 7. The maximum Gasteiger partial charge on any atom is 0.318 e. The first-order valence-corrected chi connectivity index (χ1v) is 7.84. The maximum absolute atomic E-state index is 11.1. The average molecular weight is 325 g/mol. The third-order valence-corrected chi connectivity index (χ3v) is 3.97. The molecule has 0 amide bonds. The molecule has 2 rings (SSSR count). The number of hydrogen-bond donors (Lipinski definition) is 2. The number of nitrogens with two attached hydrogens (primary N) is 1. The summed E-state index contributed by atoms with van der Waals surface area (Å²) in [5.41, 5.74) is 7.69. The van der Waals surface area contributed by atoms with Crippen LogP contribution in [0.3, 0.4) is 0 Å². The quantitative estimate of drug-likeness (QED) is 0.470. The first-order valence-electron chi connectivity index (χ1n) is 7.48. The zero-order chi connectivity index (χ0) is 15.9. The van der Waals surface area contributed by atoms with Gasteiger partial charge in [-0.3, -0.25) is 9.69 Å². The third-order valence-electron chi connectivity index (χ3n) is 3.77. The summed E-state index contributed by atoms with van der Waals surface area (Å²) in [4.78, 5) is 15.7. The van der Waals surface area contributed by atoms with Crippen LogP contribution >= 0.6 is 12.9 Å². The Morgan fingerprint density at radius 3 is 2.68 bits per heavy atom. The van der Waals surface area contributed by atoms with Crippen molar-refractivity contribution in [2.75, 3.05) is 50.0 Å². The van der Waals surface area contributed by atoms with Crippen molar-refractivity contribution in [2.45, 2.75) is 13.3 Å². The van der Waals surface area contributed by atoms with E-state index in [1.807, 2.05) is 25.1 Å². The molecule has 6 nitrogen and oxygen atoms in total. The summed E-state index contributed by atoms with van der Waals surface area (Å²) in [7, 11) is 0. The molecule has 0 aliphatic carbocycles. The van der Waals surface area contributed by atoms with E-state index in [1.165, 1.54) is 0 Å². The normalized spacial score (nSPS) is 15.6. The van der Waals surface area contributed by atoms with Crippen LogP contribution in [0.5, 0.6) is 5.75 Å². The lowest BCUT2D eigenvalue weighted by Crippen LogP contribution is -2.46. The van der Waals surface area contributed by atoms with Gasteiger partial charge in [0.05, 0.1) is 18.7 Å². The van der Waals surface area contributed by atoms with Gasteiger partial charge in [0.25, 0.3) is 0 Å². The number of benzene rings is 1. The number of piperazine rings is 1. The van der Waals surface area contributed by atoms with Crippen molar-refractivity contribution in [1.29, 1.82) is 0 Å². The highest BCUT2D eigenvalue weighted by Crippen LogP contribution is 2.28. The van der Waals surface area contributed by atoms with E-state index < -0.39 is 0 Å². The highest BCUT2D eigenvalue weighted by Gasteiger charge is 2.18. The summed E-state index contributed by atoms with van der Waals surface area (Å²) < 4.78 is 9.92.